The van der Waals surface area contributed by atoms with Crippen LogP contribution in [-0.4, -0.2) is 31.7 Å². The largest absolute Gasteiger partial charge is 0.495 e. The molecule has 1 saturated heterocycles. The van der Waals surface area contributed by atoms with Crippen LogP contribution in [0.25, 0.3) is 0 Å². The van der Waals surface area contributed by atoms with Crippen LogP contribution >= 0.6 is 22.9 Å². The molecule has 1 aliphatic heterocycles. The van der Waals surface area contributed by atoms with E-state index in [2.05, 4.69) is 16.8 Å². The Balaban J connectivity index is 1.84. The molecule has 26 heavy (non-hydrogen) atoms. The Labute approximate surface area is 162 Å². The minimum Gasteiger partial charge on any atom is -0.495 e. The summed E-state index contributed by atoms with van der Waals surface area (Å²) in [6.07, 6.45) is 4.26. The van der Waals surface area contributed by atoms with E-state index in [0.29, 0.717) is 22.2 Å². The normalized spacial score (nSPS) is 17.5. The van der Waals surface area contributed by atoms with Gasteiger partial charge >= 0.3 is 6.03 Å². The summed E-state index contributed by atoms with van der Waals surface area (Å²) >= 11 is 7.92. The van der Waals surface area contributed by atoms with Crippen LogP contribution in [0.4, 0.5) is 10.5 Å². The number of nitrogens with one attached hydrogen (secondary N) is 1. The van der Waals surface area contributed by atoms with Crippen LogP contribution in [0.1, 0.15) is 36.6 Å². The second-order valence-corrected chi connectivity index (χ2v) is 7.58. The van der Waals surface area contributed by atoms with E-state index in [1.165, 1.54) is 4.88 Å². The van der Waals surface area contributed by atoms with E-state index >= 15 is 0 Å². The highest BCUT2D eigenvalue weighted by Crippen LogP contribution is 2.37. The molecule has 140 valence electrons. The van der Waals surface area contributed by atoms with Crippen LogP contribution in [0.3, 0.4) is 0 Å². The van der Waals surface area contributed by atoms with Crippen molar-refractivity contribution in [3.63, 3.8) is 0 Å². The minimum atomic E-state index is -0.134. The van der Waals surface area contributed by atoms with Crippen molar-refractivity contribution >= 4 is 34.7 Å². The van der Waals surface area contributed by atoms with E-state index in [1.807, 2.05) is 11.0 Å². The zero-order chi connectivity index (χ0) is 18.5. The highest BCUT2D eigenvalue weighted by molar-refractivity contribution is 7.10. The van der Waals surface area contributed by atoms with Gasteiger partial charge in [-0.2, -0.15) is 0 Å². The molecule has 0 aliphatic carbocycles. The molecular weight excluding hydrogens is 372 g/mol. The standard InChI is InChI=1S/C19H23ClN2O3S/c1-24-16-12-17(25-2)14(11-13(16)20)21-19(23)22-9-5-3-4-7-15(22)18-8-6-10-26-18/h6,8,10-12,15H,3-5,7,9H2,1-2H3,(H,21,23)/t15-/m0/s1. The van der Waals surface area contributed by atoms with Crippen molar-refractivity contribution in [3.05, 3.63) is 39.5 Å². The van der Waals surface area contributed by atoms with Crippen molar-refractivity contribution in [1.29, 1.82) is 0 Å². The average molecular weight is 395 g/mol. The molecule has 1 atom stereocenters. The number of nitrogens with zero attached hydrogens (tertiary/aromatic N) is 1. The first-order chi connectivity index (χ1) is 12.6. The Morgan fingerprint density at radius 1 is 1.23 bits per heavy atom. The Hall–Kier alpha value is -1.92. The van der Waals surface area contributed by atoms with Gasteiger partial charge in [0.2, 0.25) is 0 Å². The molecule has 2 heterocycles. The number of ether oxygens (including phenoxy) is 2. The number of methoxy groups -OCH3 is 2. The number of likely N-dealkylation sites (tertiary alicyclic amines) is 1. The molecule has 2 aromatic rings. The zero-order valence-corrected chi connectivity index (χ0v) is 16.5. The Bertz CT molecular complexity index is 751. The summed E-state index contributed by atoms with van der Waals surface area (Å²) in [6, 6.07) is 7.45. The van der Waals surface area contributed by atoms with Gasteiger partial charge in [-0.3, -0.25) is 0 Å². The topological polar surface area (TPSA) is 50.8 Å². The summed E-state index contributed by atoms with van der Waals surface area (Å²) in [5.41, 5.74) is 0.539. The van der Waals surface area contributed by atoms with E-state index in [9.17, 15) is 4.79 Å². The van der Waals surface area contributed by atoms with Gasteiger partial charge in [-0.1, -0.05) is 30.5 Å². The third-order valence-electron chi connectivity index (χ3n) is 4.60. The van der Waals surface area contributed by atoms with Crippen molar-refractivity contribution in [1.82, 2.24) is 4.90 Å². The lowest BCUT2D eigenvalue weighted by Crippen LogP contribution is -2.37. The number of urea groups is 1. The molecule has 3 rings (SSSR count). The number of anilines is 1. The zero-order valence-electron chi connectivity index (χ0n) is 15.0. The van der Waals surface area contributed by atoms with Gasteiger partial charge in [0.1, 0.15) is 11.5 Å². The molecule has 1 aromatic heterocycles. The summed E-state index contributed by atoms with van der Waals surface area (Å²) in [7, 11) is 3.10. The SMILES string of the molecule is COc1cc(OC)c(NC(=O)N2CCCCC[C@H]2c2cccs2)cc1Cl. The number of carbonyl (C=O) groups excluding carboxylic acids is 1. The van der Waals surface area contributed by atoms with Gasteiger partial charge in [-0.25, -0.2) is 4.79 Å². The lowest BCUT2D eigenvalue weighted by molar-refractivity contribution is 0.190. The van der Waals surface area contributed by atoms with Gasteiger partial charge in [0.15, 0.2) is 0 Å². The monoisotopic (exact) mass is 394 g/mol. The highest BCUT2D eigenvalue weighted by atomic mass is 35.5. The van der Waals surface area contributed by atoms with Gasteiger partial charge in [0.05, 0.1) is 31.0 Å². The molecule has 1 aromatic carbocycles. The number of carbonyl (C=O) groups is 1. The van der Waals surface area contributed by atoms with Crippen LogP contribution in [0.15, 0.2) is 29.6 Å². The smallest absolute Gasteiger partial charge is 0.322 e. The third kappa shape index (κ3) is 4.07. The molecular formula is C19H23ClN2O3S. The fraction of sp³-hybridized carbons (Fsp3) is 0.421. The van der Waals surface area contributed by atoms with E-state index < -0.39 is 0 Å². The van der Waals surface area contributed by atoms with Crippen molar-refractivity contribution < 1.29 is 14.3 Å². The van der Waals surface area contributed by atoms with Gasteiger partial charge in [-0.05, 0) is 30.4 Å². The number of hydrogen-bond acceptors (Lipinski definition) is 4. The van der Waals surface area contributed by atoms with Crippen LogP contribution in [-0.2, 0) is 0 Å². The average Bonchev–Trinajstić information content (AvgIpc) is 3.06. The first kappa shape index (κ1) is 18.9. The van der Waals surface area contributed by atoms with Crippen molar-refractivity contribution in [2.45, 2.75) is 31.7 Å². The number of amides is 2. The number of halogens is 1. The molecule has 0 bridgehead atoms. The van der Waals surface area contributed by atoms with Crippen LogP contribution in [0, 0.1) is 0 Å². The predicted octanol–water partition coefficient (Wildman–Crippen LogP) is 5.57. The molecule has 0 radical (unpaired) electrons. The Kier molecular flexibility index (Phi) is 6.27. The van der Waals surface area contributed by atoms with Gasteiger partial charge in [0, 0.05) is 17.5 Å². The lowest BCUT2D eigenvalue weighted by atomic mass is 10.1. The molecule has 0 unspecified atom stereocenters. The summed E-state index contributed by atoms with van der Waals surface area (Å²) in [5, 5.41) is 5.45. The second-order valence-electron chi connectivity index (χ2n) is 6.19. The maximum absolute atomic E-state index is 13.0. The fourth-order valence-electron chi connectivity index (χ4n) is 3.27. The molecule has 2 amide bonds. The predicted molar refractivity (Wildman–Crippen MR) is 106 cm³/mol. The van der Waals surface area contributed by atoms with Crippen molar-refractivity contribution in [3.8, 4) is 11.5 Å². The number of rotatable bonds is 4. The molecule has 5 nitrogen and oxygen atoms in total. The Morgan fingerprint density at radius 3 is 2.73 bits per heavy atom. The lowest BCUT2D eigenvalue weighted by Gasteiger charge is -2.30. The molecule has 1 aliphatic rings. The van der Waals surface area contributed by atoms with Gasteiger partial charge < -0.3 is 19.7 Å². The van der Waals surface area contributed by atoms with Gasteiger partial charge in [0.25, 0.3) is 0 Å². The molecule has 0 saturated carbocycles. The van der Waals surface area contributed by atoms with E-state index in [-0.39, 0.29) is 12.1 Å². The van der Waals surface area contributed by atoms with Crippen molar-refractivity contribution in [2.24, 2.45) is 0 Å². The molecule has 1 fully saturated rings. The number of thiophene rings is 1. The first-order valence-corrected chi connectivity index (χ1v) is 9.92. The minimum absolute atomic E-state index is 0.109. The van der Waals surface area contributed by atoms with Crippen LogP contribution < -0.4 is 14.8 Å². The van der Waals surface area contributed by atoms with Crippen molar-refractivity contribution in [2.75, 3.05) is 26.1 Å². The summed E-state index contributed by atoms with van der Waals surface area (Å²) in [5.74, 6) is 1.02. The van der Waals surface area contributed by atoms with Gasteiger partial charge in [-0.15, -0.1) is 11.3 Å². The van der Waals surface area contributed by atoms with E-state index in [0.717, 1.165) is 32.2 Å². The quantitative estimate of drug-likeness (QED) is 0.737. The summed E-state index contributed by atoms with van der Waals surface area (Å²) in [4.78, 5) is 16.2. The summed E-state index contributed by atoms with van der Waals surface area (Å²) < 4.78 is 10.6. The number of hydrogen-bond donors (Lipinski definition) is 1. The molecule has 1 N–H and O–H groups in total. The highest BCUT2D eigenvalue weighted by Gasteiger charge is 2.28. The maximum Gasteiger partial charge on any atom is 0.322 e. The molecule has 0 spiro atoms. The van der Waals surface area contributed by atoms with Crippen LogP contribution in [0.2, 0.25) is 5.02 Å². The Morgan fingerprint density at radius 2 is 2.04 bits per heavy atom. The molecule has 7 heteroatoms. The van der Waals surface area contributed by atoms with E-state index in [4.69, 9.17) is 21.1 Å². The maximum atomic E-state index is 13.0. The third-order valence-corrected chi connectivity index (χ3v) is 5.87. The van der Waals surface area contributed by atoms with E-state index in [1.54, 1.807) is 37.7 Å². The summed E-state index contributed by atoms with van der Waals surface area (Å²) in [6.45, 7) is 0.737. The van der Waals surface area contributed by atoms with Crippen LogP contribution in [0.5, 0.6) is 11.5 Å². The first-order valence-electron chi connectivity index (χ1n) is 8.66. The fourth-order valence-corrected chi connectivity index (χ4v) is 4.39. The second kappa shape index (κ2) is 8.64. The number of benzene rings is 1.